The van der Waals surface area contributed by atoms with E-state index in [4.69, 9.17) is 9.40 Å². The first-order chi connectivity index (χ1) is 26.7. The fourth-order valence-corrected chi connectivity index (χ4v) is 11.0. The van der Waals surface area contributed by atoms with E-state index in [0.29, 0.717) is 11.8 Å². The molecule has 0 unspecified atom stereocenters. The minimum atomic E-state index is -0.343. The molecule has 6 nitrogen and oxygen atoms in total. The molecule has 11 rings (SSSR count). The maximum absolute atomic E-state index is 15.4. The Bertz CT molecular complexity index is 3080. The van der Waals surface area contributed by atoms with Gasteiger partial charge in [-0.3, -0.25) is 18.6 Å². The van der Waals surface area contributed by atoms with E-state index in [-0.39, 0.29) is 28.7 Å². The smallest absolute Gasteiger partial charge is 0.357 e. The van der Waals surface area contributed by atoms with Gasteiger partial charge in [0.1, 0.15) is 17.0 Å². The van der Waals surface area contributed by atoms with Gasteiger partial charge in [-0.25, -0.2) is 4.98 Å². The highest BCUT2D eigenvalue weighted by Crippen LogP contribution is 2.61. The van der Waals surface area contributed by atoms with Crippen molar-refractivity contribution in [3.8, 4) is 33.9 Å². The van der Waals surface area contributed by atoms with Crippen molar-refractivity contribution in [1.29, 1.82) is 0 Å². The molecule has 278 valence electrons. The van der Waals surface area contributed by atoms with Gasteiger partial charge in [-0.1, -0.05) is 130 Å². The van der Waals surface area contributed by atoms with Crippen molar-refractivity contribution in [3.63, 3.8) is 0 Å². The van der Waals surface area contributed by atoms with Crippen LogP contribution in [0.5, 0.6) is 0 Å². The highest BCUT2D eigenvalue weighted by Gasteiger charge is 2.62. The van der Waals surface area contributed by atoms with E-state index in [1.807, 2.05) is 12.1 Å². The standard InChI is InChI=1S/C49H47BN4O2/c1-26(2)29-17-13-18-30(27(3)4)39(29)28-24-35-42-36(25-28)53-44-41(47(5,6)49(9,10)48(44,7)8)46(55)54(53)50(42)33-20-15-21-34-43(33)52(35)45(51-34)32-19-14-23-38-40(32)31-16-11-12-22-37(31)56-38/h11-27H,1-10H3. The van der Waals surface area contributed by atoms with Crippen LogP contribution in [0, 0.1) is 5.41 Å². The molecule has 0 bridgehead atoms. The van der Waals surface area contributed by atoms with Crippen LogP contribution >= 0.6 is 0 Å². The molecule has 56 heavy (non-hydrogen) atoms. The number of nitrogens with zero attached hydrogens (tertiary/aromatic N) is 4. The van der Waals surface area contributed by atoms with Crippen LogP contribution in [0.15, 0.2) is 100 Å². The molecule has 0 saturated heterocycles. The zero-order chi connectivity index (χ0) is 39.0. The van der Waals surface area contributed by atoms with Gasteiger partial charge in [-0.05, 0) is 75.3 Å². The average Bonchev–Trinajstić information content (AvgIpc) is 3.93. The summed E-state index contributed by atoms with van der Waals surface area (Å²) in [6.07, 6.45) is 0. The van der Waals surface area contributed by atoms with Gasteiger partial charge in [0.05, 0.1) is 22.4 Å². The van der Waals surface area contributed by atoms with E-state index in [9.17, 15) is 0 Å². The summed E-state index contributed by atoms with van der Waals surface area (Å²) >= 11 is 0. The lowest BCUT2D eigenvalue weighted by molar-refractivity contribution is 0.119. The first kappa shape index (κ1) is 33.8. The van der Waals surface area contributed by atoms with Crippen LogP contribution in [0.3, 0.4) is 0 Å². The highest BCUT2D eigenvalue weighted by molar-refractivity contribution is 6.88. The molecule has 0 saturated carbocycles. The molecular weight excluding hydrogens is 687 g/mol. The van der Waals surface area contributed by atoms with Crippen molar-refractivity contribution in [2.45, 2.75) is 91.9 Å². The molecule has 0 N–H and O–H groups in total. The summed E-state index contributed by atoms with van der Waals surface area (Å²) in [5, 5.41) is 2.13. The summed E-state index contributed by atoms with van der Waals surface area (Å²) in [7, 11) is 0. The molecule has 0 spiro atoms. The molecule has 5 heterocycles. The Hall–Kier alpha value is -5.56. The number of benzene rings is 5. The number of rotatable bonds is 4. The summed E-state index contributed by atoms with van der Waals surface area (Å²) in [5.41, 5.74) is 15.6. The second kappa shape index (κ2) is 10.6. The Labute approximate surface area is 327 Å². The zero-order valence-electron chi connectivity index (χ0n) is 34.0. The van der Waals surface area contributed by atoms with Gasteiger partial charge in [0, 0.05) is 43.9 Å². The van der Waals surface area contributed by atoms with Gasteiger partial charge in [0.25, 0.3) is 5.56 Å². The van der Waals surface area contributed by atoms with Gasteiger partial charge in [0.15, 0.2) is 0 Å². The predicted octanol–water partition coefficient (Wildman–Crippen LogP) is 10.3. The zero-order valence-corrected chi connectivity index (χ0v) is 34.0. The van der Waals surface area contributed by atoms with Gasteiger partial charge in [-0.15, -0.1) is 0 Å². The van der Waals surface area contributed by atoms with Gasteiger partial charge in [-0.2, -0.15) is 0 Å². The van der Waals surface area contributed by atoms with E-state index in [1.165, 1.54) is 22.3 Å². The normalized spacial score (nSPS) is 16.8. The number of para-hydroxylation sites is 2. The molecule has 0 atom stereocenters. The van der Waals surface area contributed by atoms with Crippen molar-refractivity contribution in [1.82, 2.24) is 18.8 Å². The summed E-state index contributed by atoms with van der Waals surface area (Å²) in [6, 6.07) is 32.7. The van der Waals surface area contributed by atoms with E-state index in [1.54, 1.807) is 0 Å². The molecule has 3 aliphatic rings. The largest absolute Gasteiger partial charge is 0.456 e. The van der Waals surface area contributed by atoms with Crippen LogP contribution in [0.4, 0.5) is 0 Å². The minimum absolute atomic E-state index is 0.114. The molecule has 0 radical (unpaired) electrons. The lowest BCUT2D eigenvalue weighted by Gasteiger charge is -2.44. The Morgan fingerprint density at radius 3 is 2.12 bits per heavy atom. The number of imidazole rings is 1. The van der Waals surface area contributed by atoms with Crippen LogP contribution in [0.1, 0.15) is 103 Å². The Morgan fingerprint density at radius 1 is 0.732 bits per heavy atom. The lowest BCUT2D eigenvalue weighted by atomic mass is 9.49. The number of aromatic nitrogens is 4. The molecule has 0 fully saturated rings. The quantitative estimate of drug-likeness (QED) is 0.169. The summed E-state index contributed by atoms with van der Waals surface area (Å²) in [5.74, 6) is 1.51. The highest BCUT2D eigenvalue weighted by atomic mass is 16.3. The molecule has 0 amide bonds. The van der Waals surface area contributed by atoms with Gasteiger partial charge in [0.2, 0.25) is 0 Å². The Morgan fingerprint density at radius 2 is 1.39 bits per heavy atom. The molecule has 5 aromatic carbocycles. The number of fused-ring (bicyclic) bond motifs is 10. The summed E-state index contributed by atoms with van der Waals surface area (Å²) in [6.45, 7) is 22.8. The van der Waals surface area contributed by atoms with E-state index in [0.717, 1.165) is 77.9 Å². The van der Waals surface area contributed by atoms with Crippen molar-refractivity contribution in [2.24, 2.45) is 5.41 Å². The monoisotopic (exact) mass is 734 g/mol. The van der Waals surface area contributed by atoms with Crippen LogP contribution in [0.2, 0.25) is 0 Å². The predicted molar refractivity (Wildman–Crippen MR) is 231 cm³/mol. The maximum atomic E-state index is 15.4. The van der Waals surface area contributed by atoms with Gasteiger partial charge < -0.3 is 4.42 Å². The van der Waals surface area contributed by atoms with Crippen LogP contribution in [0.25, 0.3) is 66.9 Å². The fourth-order valence-electron chi connectivity index (χ4n) is 11.0. The Kier molecular flexibility index (Phi) is 6.41. The third-order valence-corrected chi connectivity index (χ3v) is 14.9. The first-order valence-corrected chi connectivity index (χ1v) is 20.3. The molecule has 7 heteroatoms. The number of hydrogen-bond acceptors (Lipinski definition) is 3. The molecule has 2 aliphatic heterocycles. The van der Waals surface area contributed by atoms with Crippen LogP contribution in [-0.4, -0.2) is 25.7 Å². The molecule has 1 aliphatic carbocycles. The first-order valence-electron chi connectivity index (χ1n) is 20.3. The maximum Gasteiger partial charge on any atom is 0.357 e. The average molecular weight is 735 g/mol. The number of hydrogen-bond donors (Lipinski definition) is 0. The number of furan rings is 1. The third-order valence-electron chi connectivity index (χ3n) is 14.9. The van der Waals surface area contributed by atoms with E-state index < -0.39 is 0 Å². The van der Waals surface area contributed by atoms with E-state index in [2.05, 4.69) is 162 Å². The van der Waals surface area contributed by atoms with Crippen LogP contribution < -0.4 is 16.5 Å². The molecule has 8 aromatic rings. The van der Waals surface area contributed by atoms with Crippen molar-refractivity contribution in [2.75, 3.05) is 0 Å². The SMILES string of the molecule is CC(C)c1cccc(C(C)C)c1-c1cc2c3c(c1)-n1c4c(c(=O)n1B3c1cccc3nc(-c5cccc6oc7ccccc7c56)n-2c13)C(C)(C)C(C)(C)C4(C)C. The molecule has 3 aromatic heterocycles. The van der Waals surface area contributed by atoms with Crippen molar-refractivity contribution >= 4 is 50.7 Å². The fraction of sp³-hybridized carbons (Fsp3) is 0.306. The minimum Gasteiger partial charge on any atom is -0.456 e. The lowest BCUT2D eigenvalue weighted by Crippen LogP contribution is -2.55. The second-order valence-electron chi connectivity index (χ2n) is 18.8. The topological polar surface area (TPSA) is 57.9 Å². The summed E-state index contributed by atoms with van der Waals surface area (Å²) < 4.78 is 13.3. The van der Waals surface area contributed by atoms with Crippen LogP contribution in [-0.2, 0) is 10.8 Å². The Balaban J connectivity index is 1.33. The van der Waals surface area contributed by atoms with Gasteiger partial charge >= 0.3 is 6.85 Å². The van der Waals surface area contributed by atoms with Crippen molar-refractivity contribution < 1.29 is 4.42 Å². The third kappa shape index (κ3) is 3.80. The molecular formula is C49H47BN4O2. The van der Waals surface area contributed by atoms with Crippen molar-refractivity contribution in [3.05, 3.63) is 124 Å². The van der Waals surface area contributed by atoms with E-state index >= 15 is 4.79 Å². The second-order valence-corrected chi connectivity index (χ2v) is 18.8. The summed E-state index contributed by atoms with van der Waals surface area (Å²) in [4.78, 5) is 20.9.